The third kappa shape index (κ3) is 6.02. The Labute approximate surface area is 382 Å². The third-order valence-electron chi connectivity index (χ3n) is 16.5. The molecular weight excluding hydrogens is 855 g/mol. The van der Waals surface area contributed by atoms with E-state index in [0.717, 1.165) is 73.8 Å². The average Bonchev–Trinajstić information content (AvgIpc) is 3.94. The Kier molecular flexibility index (Phi) is 8.51. The van der Waals surface area contributed by atoms with Crippen LogP contribution in [0.15, 0.2) is 52.8 Å². The van der Waals surface area contributed by atoms with Gasteiger partial charge in [-0.2, -0.15) is 15.1 Å². The number of anilines is 4. The quantitative estimate of drug-likeness (QED) is 0.168. The largest absolute Gasteiger partial charge is 0.354 e. The van der Waals surface area contributed by atoms with Crippen molar-refractivity contribution >= 4 is 62.9 Å². The van der Waals surface area contributed by atoms with Crippen LogP contribution in [0.1, 0.15) is 92.2 Å². The van der Waals surface area contributed by atoms with Gasteiger partial charge in [-0.25, -0.2) is 34.0 Å². The summed E-state index contributed by atoms with van der Waals surface area (Å²) in [6.45, 7) is 3.86. The normalized spacial score (nSPS) is 29.2. The molecule has 3 N–H and O–H groups in total. The third-order valence-corrected chi connectivity index (χ3v) is 16.5. The molecule has 67 heavy (non-hydrogen) atoms. The predicted molar refractivity (Wildman–Crippen MR) is 244 cm³/mol. The SMILES string of the molecule is CNC(=O)c1cc(C)c(Nc2ncc3c(n2)n(C24CC5CC(CC(OCn6c(=O)n(C78CC9CC(C7)C(=O)C(C9)C8)c7nc(Nc8cn9ncnc9cc8C)ncc76)(C5)C2)C4)c(=O)n3C)cn1. The number of carbonyl (C=O) groups is 2. The van der Waals surface area contributed by atoms with Crippen molar-refractivity contribution in [1.82, 2.24) is 63.1 Å². The number of ether oxygens (including phenoxy) is 1. The summed E-state index contributed by atoms with van der Waals surface area (Å²) in [5.41, 5.74) is 4.37. The molecule has 20 nitrogen and oxygen atoms in total. The van der Waals surface area contributed by atoms with Gasteiger partial charge in [0, 0.05) is 32.4 Å². The minimum Gasteiger partial charge on any atom is -0.354 e. The van der Waals surface area contributed by atoms with Gasteiger partial charge in [0.15, 0.2) is 16.9 Å². The molecule has 1 amide bonds. The molecule has 7 heterocycles. The number of carbonyl (C=O) groups excluding carboxylic acids is 2. The van der Waals surface area contributed by atoms with Crippen LogP contribution in [0.25, 0.3) is 28.0 Å². The van der Waals surface area contributed by atoms with Crippen molar-refractivity contribution in [2.75, 3.05) is 17.7 Å². The zero-order valence-corrected chi connectivity index (χ0v) is 37.8. The van der Waals surface area contributed by atoms with Gasteiger partial charge >= 0.3 is 11.4 Å². The molecule has 8 fully saturated rings. The second-order valence-corrected chi connectivity index (χ2v) is 20.8. The Bertz CT molecular complexity index is 3370. The van der Waals surface area contributed by atoms with Crippen LogP contribution in [0.4, 0.5) is 23.3 Å². The molecule has 20 heteroatoms. The second-order valence-electron chi connectivity index (χ2n) is 20.8. The van der Waals surface area contributed by atoms with Crippen LogP contribution >= 0.6 is 0 Å². The van der Waals surface area contributed by atoms with Gasteiger partial charge in [-0.1, -0.05) is 0 Å². The molecular formula is C47H51N15O5. The molecule has 8 aliphatic rings. The first-order valence-corrected chi connectivity index (χ1v) is 23.4. The summed E-state index contributed by atoms with van der Waals surface area (Å²) in [5, 5.41) is 13.6. The van der Waals surface area contributed by atoms with E-state index in [0.29, 0.717) is 88.4 Å². The number of ketones is 1. The molecule has 8 bridgehead atoms. The number of hydrogen-bond donors (Lipinski definition) is 3. The minimum atomic E-state index is -0.601. The Balaban J connectivity index is 0.856. The molecule has 4 unspecified atom stereocenters. The van der Waals surface area contributed by atoms with Crippen LogP contribution in [-0.4, -0.2) is 82.1 Å². The fourth-order valence-electron chi connectivity index (χ4n) is 14.3. The fraction of sp³-hybridized carbons (Fsp3) is 0.511. The molecule has 15 rings (SSSR count). The summed E-state index contributed by atoms with van der Waals surface area (Å²) in [6.07, 6.45) is 17.2. The van der Waals surface area contributed by atoms with Gasteiger partial charge < -0.3 is 20.7 Å². The molecule has 0 aromatic carbocycles. The maximum absolute atomic E-state index is 15.2. The topological polar surface area (TPSA) is 228 Å². The molecule has 7 aromatic rings. The van der Waals surface area contributed by atoms with Gasteiger partial charge in [0.1, 0.15) is 35.6 Å². The smallest absolute Gasteiger partial charge is 0.332 e. The number of pyridine rings is 2. The van der Waals surface area contributed by atoms with Crippen molar-refractivity contribution in [3.8, 4) is 0 Å². The number of Topliss-reactive ketones (excluding diaryl/α,β-unsaturated/α-hetero) is 1. The highest BCUT2D eigenvalue weighted by atomic mass is 16.5. The number of rotatable bonds is 10. The van der Waals surface area contributed by atoms with Gasteiger partial charge in [-0.05, 0) is 119 Å². The van der Waals surface area contributed by atoms with Crippen molar-refractivity contribution in [1.29, 1.82) is 0 Å². The number of aryl methyl sites for hydroxylation is 3. The maximum Gasteiger partial charge on any atom is 0.332 e. The minimum absolute atomic E-state index is 0.00583. The standard InChI is InChI=1S/C47H51N15O5/c1-24-5-31(40(64)48-3)49-17-32(24)54-41-50-18-34-38(56-41)61(43(65)58(34)4)46-11-27-7-28(12-46)14-47(13-27,21-46)67-23-59-35-19-51-42(55-33-20-60-36(6-25(33)2)52-22-53-60)57-39(35)62(44(59)66)45-10-26-8-29(15-45)37(63)30(9-26)16-45/h5-6,17-20,22,26-30H,7-16,21,23H2,1-4H3,(H,48,64)(H,50,54,56)(H,51,55,57). The van der Waals surface area contributed by atoms with E-state index < -0.39 is 16.7 Å². The van der Waals surface area contributed by atoms with Gasteiger partial charge in [-0.15, -0.1) is 0 Å². The zero-order valence-electron chi connectivity index (χ0n) is 37.8. The van der Waals surface area contributed by atoms with Crippen LogP contribution in [0.3, 0.4) is 0 Å². The lowest BCUT2D eigenvalue weighted by Crippen LogP contribution is -2.62. The molecule has 8 saturated carbocycles. The first-order valence-electron chi connectivity index (χ1n) is 23.4. The van der Waals surface area contributed by atoms with Crippen LogP contribution in [0.2, 0.25) is 0 Å². The molecule has 0 spiro atoms. The van der Waals surface area contributed by atoms with Crippen LogP contribution in [0, 0.1) is 43.4 Å². The van der Waals surface area contributed by atoms with Crippen molar-refractivity contribution < 1.29 is 14.3 Å². The van der Waals surface area contributed by atoms with Crippen molar-refractivity contribution in [2.24, 2.45) is 36.6 Å². The molecule has 0 saturated heterocycles. The summed E-state index contributed by atoms with van der Waals surface area (Å²) in [5.74, 6) is 1.64. The second kappa shape index (κ2) is 14.1. The summed E-state index contributed by atoms with van der Waals surface area (Å²) in [7, 11) is 3.33. The van der Waals surface area contributed by atoms with Gasteiger partial charge in [0.25, 0.3) is 5.91 Å². The Hall–Kier alpha value is -6.83. The highest BCUT2D eigenvalue weighted by Gasteiger charge is 2.61. The van der Waals surface area contributed by atoms with Gasteiger partial charge in [0.05, 0.1) is 52.8 Å². The van der Waals surface area contributed by atoms with Crippen LogP contribution in [0.5, 0.6) is 0 Å². The molecule has 0 radical (unpaired) electrons. The summed E-state index contributed by atoms with van der Waals surface area (Å²) in [6, 6.07) is 3.64. The molecule has 344 valence electrons. The highest BCUT2D eigenvalue weighted by Crippen LogP contribution is 2.62. The van der Waals surface area contributed by atoms with Crippen molar-refractivity contribution in [3.05, 3.63) is 81.0 Å². The van der Waals surface area contributed by atoms with Gasteiger partial charge in [0.2, 0.25) is 11.9 Å². The Morgan fingerprint density at radius 1 is 0.746 bits per heavy atom. The lowest BCUT2D eigenvalue weighted by molar-refractivity contribution is -0.202. The van der Waals surface area contributed by atoms with Crippen molar-refractivity contribution in [2.45, 2.75) is 108 Å². The van der Waals surface area contributed by atoms with E-state index in [1.807, 2.05) is 35.2 Å². The number of aromatic nitrogens is 12. The molecule has 0 aliphatic heterocycles. The number of amides is 1. The summed E-state index contributed by atoms with van der Waals surface area (Å²) in [4.78, 5) is 83.5. The lowest BCUT2D eigenvalue weighted by Gasteiger charge is -2.61. The monoisotopic (exact) mass is 905 g/mol. The number of nitrogens with one attached hydrogen (secondary N) is 3. The maximum atomic E-state index is 15.2. The van der Waals surface area contributed by atoms with E-state index >= 15 is 4.79 Å². The lowest BCUT2D eigenvalue weighted by atomic mass is 9.51. The Morgan fingerprint density at radius 3 is 2.12 bits per heavy atom. The van der Waals surface area contributed by atoms with Gasteiger partial charge in [-0.3, -0.25) is 27.9 Å². The average molecular weight is 906 g/mol. The van der Waals surface area contributed by atoms with Crippen LogP contribution in [-0.2, 0) is 34.4 Å². The zero-order chi connectivity index (χ0) is 45.7. The van der Waals surface area contributed by atoms with Crippen molar-refractivity contribution in [3.63, 3.8) is 0 Å². The van der Waals surface area contributed by atoms with E-state index in [-0.39, 0.29) is 35.9 Å². The molecule has 7 aromatic heterocycles. The summed E-state index contributed by atoms with van der Waals surface area (Å²) < 4.78 is 16.0. The van der Waals surface area contributed by atoms with E-state index in [4.69, 9.17) is 19.7 Å². The molecule has 4 atom stereocenters. The van der Waals surface area contributed by atoms with E-state index in [9.17, 15) is 14.4 Å². The summed E-state index contributed by atoms with van der Waals surface area (Å²) >= 11 is 0. The predicted octanol–water partition coefficient (Wildman–Crippen LogP) is 4.76. The van der Waals surface area contributed by atoms with Crippen LogP contribution < -0.4 is 27.3 Å². The first kappa shape index (κ1) is 40.4. The van der Waals surface area contributed by atoms with E-state index in [2.05, 4.69) is 36.0 Å². The highest BCUT2D eigenvalue weighted by molar-refractivity contribution is 5.92. The number of fused-ring (bicyclic) bond motifs is 3. The first-order chi connectivity index (χ1) is 32.3. The number of imidazole rings is 2. The Morgan fingerprint density at radius 2 is 1.40 bits per heavy atom. The number of hydrogen-bond acceptors (Lipinski definition) is 14. The number of nitrogens with zero attached hydrogens (tertiary/aromatic N) is 12. The molecule has 8 aliphatic carbocycles. The van der Waals surface area contributed by atoms with E-state index in [1.165, 1.54) is 6.33 Å². The van der Waals surface area contributed by atoms with E-state index in [1.54, 1.807) is 52.4 Å². The fourth-order valence-corrected chi connectivity index (χ4v) is 14.3.